The van der Waals surface area contributed by atoms with E-state index >= 15 is 0 Å². The van der Waals surface area contributed by atoms with E-state index in [2.05, 4.69) is 10.3 Å². The molecule has 0 fully saturated rings. The summed E-state index contributed by atoms with van der Waals surface area (Å²) in [5.74, 6) is 0.893. The molecule has 1 aliphatic heterocycles. The second-order valence-corrected chi connectivity index (χ2v) is 4.39. The molecule has 78 valence electrons. The molecular weight excluding hydrogens is 208 g/mol. The number of carbonyl (C=O) groups is 1. The van der Waals surface area contributed by atoms with Gasteiger partial charge in [-0.3, -0.25) is 9.79 Å². The van der Waals surface area contributed by atoms with Gasteiger partial charge >= 0.3 is 0 Å². The predicted molar refractivity (Wildman–Crippen MR) is 63.4 cm³/mol. The highest BCUT2D eigenvalue weighted by Gasteiger charge is 2.13. The molecule has 15 heavy (non-hydrogen) atoms. The Morgan fingerprint density at radius 2 is 2.27 bits per heavy atom. The van der Waals surface area contributed by atoms with Crippen molar-refractivity contribution in [2.45, 2.75) is 6.92 Å². The number of benzene rings is 1. The summed E-state index contributed by atoms with van der Waals surface area (Å²) in [6.45, 7) is 2.73. The van der Waals surface area contributed by atoms with E-state index in [9.17, 15) is 4.79 Å². The van der Waals surface area contributed by atoms with E-state index in [1.54, 1.807) is 11.8 Å². The first-order chi connectivity index (χ1) is 7.27. The molecule has 0 spiro atoms. The number of hydrogen-bond donors (Lipinski definition) is 1. The van der Waals surface area contributed by atoms with Gasteiger partial charge in [0.2, 0.25) is 0 Å². The van der Waals surface area contributed by atoms with Crippen molar-refractivity contribution in [2.75, 3.05) is 12.3 Å². The number of nitrogens with zero attached hydrogens (tertiary/aromatic N) is 1. The molecule has 1 aromatic carbocycles. The third-order valence-electron chi connectivity index (χ3n) is 2.20. The van der Waals surface area contributed by atoms with Crippen LogP contribution in [0.2, 0.25) is 0 Å². The zero-order chi connectivity index (χ0) is 10.7. The van der Waals surface area contributed by atoms with Crippen LogP contribution < -0.4 is 5.32 Å². The molecule has 1 aromatic rings. The normalized spacial score (nSPS) is 14.9. The van der Waals surface area contributed by atoms with Gasteiger partial charge in [-0.25, -0.2) is 0 Å². The maximum atomic E-state index is 11.8. The molecule has 0 bridgehead atoms. The first-order valence-electron chi connectivity index (χ1n) is 4.81. The third-order valence-corrected chi connectivity index (χ3v) is 3.09. The fourth-order valence-corrected chi connectivity index (χ4v) is 2.13. The maximum Gasteiger partial charge on any atom is 0.257 e. The first-order valence-corrected chi connectivity index (χ1v) is 5.80. The van der Waals surface area contributed by atoms with Gasteiger partial charge in [-0.05, 0) is 18.6 Å². The Kier molecular flexibility index (Phi) is 3.06. The van der Waals surface area contributed by atoms with Crippen LogP contribution in [-0.4, -0.2) is 23.4 Å². The number of hydrogen-bond acceptors (Lipinski definition) is 3. The van der Waals surface area contributed by atoms with E-state index in [1.807, 2.05) is 31.2 Å². The molecule has 1 amide bonds. The molecule has 0 atom stereocenters. The topological polar surface area (TPSA) is 41.5 Å². The van der Waals surface area contributed by atoms with Crippen molar-refractivity contribution in [3.8, 4) is 0 Å². The Hall–Kier alpha value is -1.29. The van der Waals surface area contributed by atoms with E-state index in [0.29, 0.717) is 5.56 Å². The van der Waals surface area contributed by atoms with E-state index in [1.165, 1.54) is 0 Å². The van der Waals surface area contributed by atoms with E-state index < -0.39 is 0 Å². The van der Waals surface area contributed by atoms with Gasteiger partial charge in [0.15, 0.2) is 5.17 Å². The predicted octanol–water partition coefficient (Wildman–Crippen LogP) is 1.83. The van der Waals surface area contributed by atoms with Gasteiger partial charge in [-0.1, -0.05) is 30.0 Å². The van der Waals surface area contributed by atoms with Crippen molar-refractivity contribution in [3.63, 3.8) is 0 Å². The second kappa shape index (κ2) is 4.49. The van der Waals surface area contributed by atoms with Crippen LogP contribution in [0.25, 0.3) is 0 Å². The quantitative estimate of drug-likeness (QED) is 0.784. The lowest BCUT2D eigenvalue weighted by Crippen LogP contribution is -2.27. The van der Waals surface area contributed by atoms with Gasteiger partial charge in [-0.15, -0.1) is 0 Å². The molecule has 1 aliphatic rings. The highest BCUT2D eigenvalue weighted by molar-refractivity contribution is 8.14. The summed E-state index contributed by atoms with van der Waals surface area (Å²) in [7, 11) is 0. The van der Waals surface area contributed by atoms with Crippen LogP contribution in [0.15, 0.2) is 29.3 Å². The monoisotopic (exact) mass is 220 g/mol. The zero-order valence-electron chi connectivity index (χ0n) is 8.49. The molecule has 3 nitrogen and oxygen atoms in total. The van der Waals surface area contributed by atoms with Crippen LogP contribution in [0.5, 0.6) is 0 Å². The lowest BCUT2D eigenvalue weighted by molar-refractivity contribution is 0.0977. The average molecular weight is 220 g/mol. The molecular formula is C11H12N2OS. The van der Waals surface area contributed by atoms with Crippen LogP contribution in [-0.2, 0) is 0 Å². The SMILES string of the molecule is Cc1ccccc1C(=O)NC1=NCCS1. The molecule has 0 aliphatic carbocycles. The van der Waals surface area contributed by atoms with E-state index in [4.69, 9.17) is 0 Å². The molecule has 0 saturated carbocycles. The molecule has 0 saturated heterocycles. The summed E-state index contributed by atoms with van der Waals surface area (Å²) in [5, 5.41) is 3.55. The van der Waals surface area contributed by atoms with Gasteiger partial charge in [-0.2, -0.15) is 0 Å². The minimum Gasteiger partial charge on any atom is -0.301 e. The molecule has 2 rings (SSSR count). The number of rotatable bonds is 1. The Bertz CT molecular complexity index is 415. The van der Waals surface area contributed by atoms with Crippen molar-refractivity contribution in [1.82, 2.24) is 5.32 Å². The Balaban J connectivity index is 2.11. The first kappa shape index (κ1) is 10.2. The highest BCUT2D eigenvalue weighted by Crippen LogP contribution is 2.11. The Labute approximate surface area is 93.0 Å². The summed E-state index contributed by atoms with van der Waals surface area (Å²) in [4.78, 5) is 16.0. The number of nitrogens with one attached hydrogen (secondary N) is 1. The van der Waals surface area contributed by atoms with Crippen LogP contribution >= 0.6 is 11.8 Å². The number of carbonyl (C=O) groups excluding carboxylic acids is 1. The average Bonchev–Trinajstić information content (AvgIpc) is 2.71. The summed E-state index contributed by atoms with van der Waals surface area (Å²) in [6, 6.07) is 7.54. The minimum absolute atomic E-state index is 0.0683. The summed E-state index contributed by atoms with van der Waals surface area (Å²) >= 11 is 1.59. The van der Waals surface area contributed by atoms with Gasteiger partial charge < -0.3 is 5.32 Å². The highest BCUT2D eigenvalue weighted by atomic mass is 32.2. The van der Waals surface area contributed by atoms with Gasteiger partial charge in [0.1, 0.15) is 0 Å². The Morgan fingerprint density at radius 3 is 2.93 bits per heavy atom. The largest absolute Gasteiger partial charge is 0.301 e. The van der Waals surface area contributed by atoms with Crippen molar-refractivity contribution in [3.05, 3.63) is 35.4 Å². The van der Waals surface area contributed by atoms with Crippen molar-refractivity contribution >= 4 is 22.8 Å². The van der Waals surface area contributed by atoms with Crippen LogP contribution in [0.1, 0.15) is 15.9 Å². The smallest absolute Gasteiger partial charge is 0.257 e. The minimum atomic E-state index is -0.0683. The number of aliphatic imine (C=N–C) groups is 1. The van der Waals surface area contributed by atoms with E-state index in [-0.39, 0.29) is 5.91 Å². The van der Waals surface area contributed by atoms with Gasteiger partial charge in [0.25, 0.3) is 5.91 Å². The molecule has 0 radical (unpaired) electrons. The van der Waals surface area contributed by atoms with Crippen molar-refractivity contribution in [1.29, 1.82) is 0 Å². The number of aryl methyl sites for hydroxylation is 1. The van der Waals surface area contributed by atoms with E-state index in [0.717, 1.165) is 23.0 Å². The summed E-state index contributed by atoms with van der Waals surface area (Å²) in [6.07, 6.45) is 0. The summed E-state index contributed by atoms with van der Waals surface area (Å²) in [5.41, 5.74) is 1.70. The lowest BCUT2D eigenvalue weighted by Gasteiger charge is -2.05. The molecule has 0 unspecified atom stereocenters. The van der Waals surface area contributed by atoms with Crippen LogP contribution in [0, 0.1) is 6.92 Å². The van der Waals surface area contributed by atoms with Gasteiger partial charge in [0.05, 0.1) is 6.54 Å². The van der Waals surface area contributed by atoms with Gasteiger partial charge in [0, 0.05) is 11.3 Å². The van der Waals surface area contributed by atoms with Crippen LogP contribution in [0.4, 0.5) is 0 Å². The lowest BCUT2D eigenvalue weighted by atomic mass is 10.1. The zero-order valence-corrected chi connectivity index (χ0v) is 9.30. The fraction of sp³-hybridized carbons (Fsp3) is 0.273. The fourth-order valence-electron chi connectivity index (χ4n) is 1.40. The second-order valence-electron chi connectivity index (χ2n) is 3.30. The molecule has 4 heteroatoms. The number of amidine groups is 1. The third kappa shape index (κ3) is 2.39. The maximum absolute atomic E-state index is 11.8. The van der Waals surface area contributed by atoms with Crippen molar-refractivity contribution < 1.29 is 4.79 Å². The number of amides is 1. The van der Waals surface area contributed by atoms with Crippen LogP contribution in [0.3, 0.4) is 0 Å². The number of thioether (sulfide) groups is 1. The molecule has 1 heterocycles. The molecule has 0 aromatic heterocycles. The Morgan fingerprint density at radius 1 is 1.47 bits per heavy atom. The summed E-state index contributed by atoms with van der Waals surface area (Å²) < 4.78 is 0. The molecule has 1 N–H and O–H groups in total. The van der Waals surface area contributed by atoms with Crippen molar-refractivity contribution in [2.24, 2.45) is 4.99 Å². The standard InChI is InChI=1S/C11H12N2OS/c1-8-4-2-3-5-9(8)10(14)13-11-12-6-7-15-11/h2-5H,6-7H2,1H3,(H,12,13,14).